The van der Waals surface area contributed by atoms with Crippen LogP contribution < -0.4 is 4.74 Å². The fraction of sp³-hybridized carbons (Fsp3) is 0.321. The van der Waals surface area contributed by atoms with Crippen molar-refractivity contribution in [3.63, 3.8) is 0 Å². The van der Waals surface area contributed by atoms with Crippen LogP contribution >= 0.6 is 0 Å². The molecule has 7 heteroatoms. The van der Waals surface area contributed by atoms with Crippen LogP contribution in [0.25, 0.3) is 22.3 Å². The minimum Gasteiger partial charge on any atom is -0.465 e. The van der Waals surface area contributed by atoms with E-state index >= 15 is 0 Å². The van der Waals surface area contributed by atoms with Crippen LogP contribution in [0.3, 0.4) is 0 Å². The first-order valence-corrected chi connectivity index (χ1v) is 12.0. The van der Waals surface area contributed by atoms with Crippen LogP contribution in [0.1, 0.15) is 54.4 Å². The molecule has 0 saturated heterocycles. The Morgan fingerprint density at radius 2 is 1.86 bits per heavy atom. The highest BCUT2D eigenvalue weighted by Crippen LogP contribution is 2.30. The molecule has 7 nitrogen and oxygen atoms in total. The molecule has 0 fully saturated rings. The first-order chi connectivity index (χ1) is 17.0. The zero-order chi connectivity index (χ0) is 24.9. The van der Waals surface area contributed by atoms with E-state index in [1.165, 1.54) is 0 Å². The largest absolute Gasteiger partial charge is 0.465 e. The van der Waals surface area contributed by atoms with Gasteiger partial charge in [0, 0.05) is 12.2 Å². The summed E-state index contributed by atoms with van der Waals surface area (Å²) in [5.74, 6) is -0.378. The fourth-order valence-electron chi connectivity index (χ4n) is 4.42. The highest BCUT2D eigenvalue weighted by atomic mass is 16.5. The van der Waals surface area contributed by atoms with Gasteiger partial charge in [0.05, 0.1) is 47.6 Å². The predicted octanol–water partition coefficient (Wildman–Crippen LogP) is 5.72. The molecule has 0 spiro atoms. The number of nitriles is 1. The standard InChI is InChI=1S/C28H30N4O3/c1-5-15-35-28-30-24-10-8-9-23(27(33)34-7-3)26(24)32(28)18-20-11-13-21(14-12-20)25-22(17-29)16-19(4)31(25)6-2/h8-14,16H,5-7,15,18H2,1-4H3. The van der Waals surface area contributed by atoms with Gasteiger partial charge in [-0.1, -0.05) is 37.3 Å². The molecule has 0 bridgehead atoms. The molecule has 0 aliphatic heterocycles. The summed E-state index contributed by atoms with van der Waals surface area (Å²) in [6, 6.07) is 18.3. The van der Waals surface area contributed by atoms with Crippen LogP contribution in [0.4, 0.5) is 0 Å². The Balaban J connectivity index is 1.75. The lowest BCUT2D eigenvalue weighted by molar-refractivity contribution is 0.0528. The van der Waals surface area contributed by atoms with Crippen LogP contribution in [-0.2, 0) is 17.8 Å². The van der Waals surface area contributed by atoms with Gasteiger partial charge < -0.3 is 14.0 Å². The number of nitrogens with zero attached hydrogens (tertiary/aromatic N) is 4. The zero-order valence-corrected chi connectivity index (χ0v) is 20.7. The normalized spacial score (nSPS) is 10.9. The second-order valence-corrected chi connectivity index (χ2v) is 8.32. The lowest BCUT2D eigenvalue weighted by atomic mass is 10.1. The molecule has 2 aromatic carbocycles. The fourth-order valence-corrected chi connectivity index (χ4v) is 4.42. The highest BCUT2D eigenvalue weighted by Gasteiger charge is 2.20. The first-order valence-electron chi connectivity index (χ1n) is 12.0. The number of para-hydroxylation sites is 1. The van der Waals surface area contributed by atoms with Crippen molar-refractivity contribution in [1.82, 2.24) is 14.1 Å². The average molecular weight is 471 g/mol. The van der Waals surface area contributed by atoms with Crippen LogP contribution in [0.15, 0.2) is 48.5 Å². The lowest BCUT2D eigenvalue weighted by Gasteiger charge is -2.13. The van der Waals surface area contributed by atoms with E-state index in [0.29, 0.717) is 47.9 Å². The van der Waals surface area contributed by atoms with Crippen LogP contribution in [0, 0.1) is 18.3 Å². The quantitative estimate of drug-likeness (QED) is 0.292. The minimum absolute atomic E-state index is 0.299. The number of esters is 1. The highest BCUT2D eigenvalue weighted by molar-refractivity contribution is 6.02. The molecule has 0 amide bonds. The van der Waals surface area contributed by atoms with Crippen molar-refractivity contribution in [3.05, 3.63) is 70.9 Å². The van der Waals surface area contributed by atoms with E-state index < -0.39 is 0 Å². The van der Waals surface area contributed by atoms with E-state index in [0.717, 1.165) is 35.5 Å². The molecule has 0 unspecified atom stereocenters. The van der Waals surface area contributed by atoms with Crippen molar-refractivity contribution >= 4 is 17.0 Å². The number of carbonyl (C=O) groups is 1. The average Bonchev–Trinajstić information content (AvgIpc) is 3.39. The Kier molecular flexibility index (Phi) is 7.21. The first kappa shape index (κ1) is 24.1. The molecule has 180 valence electrons. The molecule has 2 aromatic heterocycles. The third-order valence-corrected chi connectivity index (χ3v) is 5.97. The predicted molar refractivity (Wildman–Crippen MR) is 136 cm³/mol. The second kappa shape index (κ2) is 10.5. The molecular formula is C28H30N4O3. The van der Waals surface area contributed by atoms with Gasteiger partial charge in [-0.2, -0.15) is 10.2 Å². The Hall–Kier alpha value is -4.05. The molecule has 0 aliphatic rings. The Morgan fingerprint density at radius 3 is 2.51 bits per heavy atom. The summed E-state index contributed by atoms with van der Waals surface area (Å²) in [4.78, 5) is 17.3. The van der Waals surface area contributed by atoms with Crippen molar-refractivity contribution in [1.29, 1.82) is 5.26 Å². The van der Waals surface area contributed by atoms with Crippen molar-refractivity contribution in [3.8, 4) is 23.3 Å². The summed E-state index contributed by atoms with van der Waals surface area (Å²) >= 11 is 0. The van der Waals surface area contributed by atoms with Crippen LogP contribution in [0.5, 0.6) is 6.01 Å². The molecule has 2 heterocycles. The van der Waals surface area contributed by atoms with Crippen LogP contribution in [0.2, 0.25) is 0 Å². The number of benzene rings is 2. The van der Waals surface area contributed by atoms with Gasteiger partial charge in [0.25, 0.3) is 6.01 Å². The Bertz CT molecular complexity index is 1390. The summed E-state index contributed by atoms with van der Waals surface area (Å²) < 4.78 is 15.3. The van der Waals surface area contributed by atoms with Gasteiger partial charge in [-0.3, -0.25) is 4.57 Å². The number of carbonyl (C=O) groups excluding carboxylic acids is 1. The van der Waals surface area contributed by atoms with E-state index in [4.69, 9.17) is 9.47 Å². The third-order valence-electron chi connectivity index (χ3n) is 5.97. The Morgan fingerprint density at radius 1 is 1.09 bits per heavy atom. The summed E-state index contributed by atoms with van der Waals surface area (Å²) in [5, 5.41) is 9.62. The third kappa shape index (κ3) is 4.65. The van der Waals surface area contributed by atoms with E-state index in [-0.39, 0.29) is 5.97 Å². The van der Waals surface area contributed by atoms with Gasteiger partial charge in [0.2, 0.25) is 0 Å². The number of ether oxygens (including phenoxy) is 2. The van der Waals surface area contributed by atoms with Gasteiger partial charge >= 0.3 is 5.97 Å². The van der Waals surface area contributed by atoms with Crippen molar-refractivity contribution < 1.29 is 14.3 Å². The molecule has 0 radical (unpaired) electrons. The maximum atomic E-state index is 12.7. The van der Waals surface area contributed by atoms with Crippen molar-refractivity contribution in [2.24, 2.45) is 0 Å². The van der Waals surface area contributed by atoms with Gasteiger partial charge in [-0.05, 0) is 56.5 Å². The lowest BCUT2D eigenvalue weighted by Crippen LogP contribution is -2.10. The monoisotopic (exact) mass is 470 g/mol. The van der Waals surface area contributed by atoms with Crippen molar-refractivity contribution in [2.75, 3.05) is 13.2 Å². The number of hydrogen-bond donors (Lipinski definition) is 0. The number of hydrogen-bond acceptors (Lipinski definition) is 5. The molecule has 4 rings (SSSR count). The molecule has 0 N–H and O–H groups in total. The molecule has 0 aliphatic carbocycles. The molecule has 0 atom stereocenters. The maximum Gasteiger partial charge on any atom is 0.340 e. The zero-order valence-electron chi connectivity index (χ0n) is 20.7. The van der Waals surface area contributed by atoms with Gasteiger partial charge in [0.1, 0.15) is 6.07 Å². The minimum atomic E-state index is -0.378. The number of aryl methyl sites for hydroxylation is 1. The number of rotatable bonds is 9. The summed E-state index contributed by atoms with van der Waals surface area (Å²) in [6.07, 6.45) is 0.848. The van der Waals surface area contributed by atoms with Crippen molar-refractivity contribution in [2.45, 2.75) is 47.2 Å². The van der Waals surface area contributed by atoms with Gasteiger partial charge in [-0.25, -0.2) is 4.79 Å². The maximum absolute atomic E-state index is 12.7. The van der Waals surface area contributed by atoms with E-state index in [1.807, 2.05) is 60.9 Å². The summed E-state index contributed by atoms with van der Waals surface area (Å²) in [6.45, 7) is 10.0. The SMILES string of the molecule is CCCOc1nc2cccc(C(=O)OCC)c2n1Cc1ccc(-c2c(C#N)cc(C)n2CC)cc1. The molecule has 0 saturated carbocycles. The van der Waals surface area contributed by atoms with E-state index in [2.05, 4.69) is 22.5 Å². The number of aromatic nitrogens is 3. The summed E-state index contributed by atoms with van der Waals surface area (Å²) in [5.41, 5.74) is 6.54. The molecular weight excluding hydrogens is 440 g/mol. The van der Waals surface area contributed by atoms with Gasteiger partial charge in [-0.15, -0.1) is 0 Å². The number of fused-ring (bicyclic) bond motifs is 1. The van der Waals surface area contributed by atoms with Crippen LogP contribution in [-0.4, -0.2) is 33.3 Å². The Labute approximate surface area is 205 Å². The van der Waals surface area contributed by atoms with E-state index in [1.54, 1.807) is 13.0 Å². The van der Waals surface area contributed by atoms with Gasteiger partial charge in [0.15, 0.2) is 0 Å². The number of imidazole rings is 1. The second-order valence-electron chi connectivity index (χ2n) is 8.32. The molecule has 35 heavy (non-hydrogen) atoms. The smallest absolute Gasteiger partial charge is 0.340 e. The topological polar surface area (TPSA) is 82.1 Å². The van der Waals surface area contributed by atoms with E-state index in [9.17, 15) is 10.1 Å². The molecule has 4 aromatic rings. The summed E-state index contributed by atoms with van der Waals surface area (Å²) in [7, 11) is 0.